The number of para-hydroxylation sites is 1. The summed E-state index contributed by atoms with van der Waals surface area (Å²) >= 11 is 0. The van der Waals surface area contributed by atoms with Gasteiger partial charge in [0.25, 0.3) is 5.91 Å². The number of benzene rings is 2. The van der Waals surface area contributed by atoms with Crippen LogP contribution in [0.4, 0.5) is 11.4 Å². The third kappa shape index (κ3) is 3.25. The quantitative estimate of drug-likeness (QED) is 0.586. The number of aromatic hydroxyl groups is 1. The number of aryl methyl sites for hydroxylation is 2. The molecule has 0 heterocycles. The molecule has 2 rings (SSSR count). The van der Waals surface area contributed by atoms with Crippen molar-refractivity contribution in [2.45, 2.75) is 20.3 Å². The van der Waals surface area contributed by atoms with E-state index in [0.29, 0.717) is 12.1 Å². The molecule has 22 heavy (non-hydrogen) atoms. The molecule has 0 saturated heterocycles. The molecule has 0 fully saturated rings. The van der Waals surface area contributed by atoms with E-state index in [0.717, 1.165) is 12.0 Å². The fourth-order valence-corrected chi connectivity index (χ4v) is 2.24. The smallest absolute Gasteiger partial charge is 0.259 e. The standard InChI is InChI=1S/C17H18N2O3/c1-3-12-9-13(8-7-11(12)2)19-17(22)14-5-4-6-15(16(14)21)18-10-20/h4-10,21H,3H2,1-2H3,(H,18,20)(H,19,22). The number of carbonyl (C=O) groups excluding carboxylic acids is 2. The molecule has 0 aliphatic heterocycles. The molecule has 0 radical (unpaired) electrons. The van der Waals surface area contributed by atoms with Crippen LogP contribution < -0.4 is 10.6 Å². The molecule has 0 spiro atoms. The van der Waals surface area contributed by atoms with Crippen LogP contribution in [0.2, 0.25) is 0 Å². The second-order valence-corrected chi connectivity index (χ2v) is 4.91. The first-order valence-corrected chi connectivity index (χ1v) is 6.99. The molecular formula is C17H18N2O3. The van der Waals surface area contributed by atoms with Gasteiger partial charge in [0.2, 0.25) is 6.41 Å². The molecule has 2 amide bonds. The molecule has 2 aromatic rings. The number of hydrogen-bond donors (Lipinski definition) is 3. The number of amides is 2. The van der Waals surface area contributed by atoms with Crippen LogP contribution in [0.3, 0.4) is 0 Å². The van der Waals surface area contributed by atoms with Gasteiger partial charge >= 0.3 is 0 Å². The fourth-order valence-electron chi connectivity index (χ4n) is 2.24. The van der Waals surface area contributed by atoms with E-state index in [9.17, 15) is 14.7 Å². The predicted molar refractivity (Wildman–Crippen MR) is 86.3 cm³/mol. The van der Waals surface area contributed by atoms with Crippen molar-refractivity contribution in [3.63, 3.8) is 0 Å². The maximum atomic E-state index is 12.3. The summed E-state index contributed by atoms with van der Waals surface area (Å²) in [5.74, 6) is -0.687. The van der Waals surface area contributed by atoms with Crippen molar-refractivity contribution in [2.75, 3.05) is 10.6 Å². The average molecular weight is 298 g/mol. The number of nitrogens with one attached hydrogen (secondary N) is 2. The van der Waals surface area contributed by atoms with Crippen molar-refractivity contribution < 1.29 is 14.7 Å². The highest BCUT2D eigenvalue weighted by molar-refractivity contribution is 6.07. The summed E-state index contributed by atoms with van der Waals surface area (Å²) in [4.78, 5) is 22.8. The summed E-state index contributed by atoms with van der Waals surface area (Å²) in [5.41, 5.74) is 3.28. The highest BCUT2D eigenvalue weighted by Crippen LogP contribution is 2.28. The van der Waals surface area contributed by atoms with E-state index in [1.165, 1.54) is 17.7 Å². The number of hydrogen-bond acceptors (Lipinski definition) is 3. The Morgan fingerprint density at radius 1 is 1.27 bits per heavy atom. The third-order valence-corrected chi connectivity index (χ3v) is 3.48. The number of rotatable bonds is 5. The zero-order valence-electron chi connectivity index (χ0n) is 12.5. The average Bonchev–Trinajstić information content (AvgIpc) is 2.51. The number of phenols is 1. The van der Waals surface area contributed by atoms with E-state index in [2.05, 4.69) is 10.6 Å². The van der Waals surface area contributed by atoms with Gasteiger partial charge in [-0.2, -0.15) is 0 Å². The van der Waals surface area contributed by atoms with Gasteiger partial charge in [0, 0.05) is 5.69 Å². The minimum atomic E-state index is -0.432. The first kappa shape index (κ1) is 15.6. The van der Waals surface area contributed by atoms with Crippen LogP contribution in [0.1, 0.15) is 28.4 Å². The molecule has 3 N–H and O–H groups in total. The Kier molecular flexibility index (Phi) is 4.78. The molecule has 0 unspecified atom stereocenters. The Hall–Kier alpha value is -2.82. The maximum Gasteiger partial charge on any atom is 0.259 e. The Labute approximate surface area is 129 Å². The van der Waals surface area contributed by atoms with Crippen molar-refractivity contribution in [1.82, 2.24) is 0 Å². The Balaban J connectivity index is 2.26. The zero-order valence-corrected chi connectivity index (χ0v) is 12.5. The minimum absolute atomic E-state index is 0.102. The van der Waals surface area contributed by atoms with Crippen LogP contribution in [0, 0.1) is 6.92 Å². The van der Waals surface area contributed by atoms with Gasteiger partial charge in [-0.3, -0.25) is 9.59 Å². The summed E-state index contributed by atoms with van der Waals surface area (Å²) in [6.45, 7) is 4.07. The second-order valence-electron chi connectivity index (χ2n) is 4.91. The molecule has 5 nitrogen and oxygen atoms in total. The summed E-state index contributed by atoms with van der Waals surface area (Å²) in [6.07, 6.45) is 1.32. The molecule has 114 valence electrons. The molecule has 0 atom stereocenters. The minimum Gasteiger partial charge on any atom is -0.505 e. The normalized spacial score (nSPS) is 10.1. The Morgan fingerprint density at radius 2 is 2.05 bits per heavy atom. The molecule has 0 aromatic heterocycles. The van der Waals surface area contributed by atoms with E-state index >= 15 is 0 Å². The molecule has 5 heteroatoms. The van der Waals surface area contributed by atoms with E-state index in [1.807, 2.05) is 32.0 Å². The summed E-state index contributed by atoms with van der Waals surface area (Å²) < 4.78 is 0. The lowest BCUT2D eigenvalue weighted by atomic mass is 10.1. The third-order valence-electron chi connectivity index (χ3n) is 3.48. The van der Waals surface area contributed by atoms with Crippen LogP contribution in [0.5, 0.6) is 5.75 Å². The van der Waals surface area contributed by atoms with Gasteiger partial charge in [0.05, 0.1) is 11.3 Å². The first-order chi connectivity index (χ1) is 10.6. The van der Waals surface area contributed by atoms with Crippen LogP contribution >= 0.6 is 0 Å². The van der Waals surface area contributed by atoms with Gasteiger partial charge in [0.1, 0.15) is 0 Å². The Bertz CT molecular complexity index is 711. The lowest BCUT2D eigenvalue weighted by Gasteiger charge is -2.11. The van der Waals surface area contributed by atoms with Crippen LogP contribution in [-0.2, 0) is 11.2 Å². The van der Waals surface area contributed by atoms with Gasteiger partial charge in [-0.25, -0.2) is 0 Å². The monoisotopic (exact) mass is 298 g/mol. The van der Waals surface area contributed by atoms with Gasteiger partial charge < -0.3 is 15.7 Å². The van der Waals surface area contributed by atoms with Crippen molar-refractivity contribution in [3.05, 3.63) is 53.1 Å². The van der Waals surface area contributed by atoms with Gasteiger partial charge in [0.15, 0.2) is 5.75 Å². The van der Waals surface area contributed by atoms with E-state index in [-0.39, 0.29) is 17.0 Å². The van der Waals surface area contributed by atoms with Crippen LogP contribution in [0.15, 0.2) is 36.4 Å². The molecular weight excluding hydrogens is 280 g/mol. The molecule has 0 aliphatic carbocycles. The summed E-state index contributed by atoms with van der Waals surface area (Å²) in [5, 5.41) is 15.1. The Morgan fingerprint density at radius 3 is 2.73 bits per heavy atom. The van der Waals surface area contributed by atoms with Crippen molar-refractivity contribution in [2.24, 2.45) is 0 Å². The summed E-state index contributed by atoms with van der Waals surface area (Å²) in [7, 11) is 0. The lowest BCUT2D eigenvalue weighted by molar-refractivity contribution is -0.105. The van der Waals surface area contributed by atoms with Gasteiger partial charge in [-0.15, -0.1) is 0 Å². The highest BCUT2D eigenvalue weighted by atomic mass is 16.3. The number of phenolic OH excluding ortho intramolecular Hbond substituents is 1. The first-order valence-electron chi connectivity index (χ1n) is 6.99. The molecule has 0 aliphatic rings. The fraction of sp³-hybridized carbons (Fsp3) is 0.176. The largest absolute Gasteiger partial charge is 0.505 e. The highest BCUT2D eigenvalue weighted by Gasteiger charge is 2.14. The predicted octanol–water partition coefficient (Wildman–Crippen LogP) is 3.08. The number of carbonyl (C=O) groups is 2. The maximum absolute atomic E-state index is 12.3. The lowest BCUT2D eigenvalue weighted by Crippen LogP contribution is -2.13. The number of anilines is 2. The topological polar surface area (TPSA) is 78.4 Å². The van der Waals surface area contributed by atoms with Crippen molar-refractivity contribution >= 4 is 23.7 Å². The van der Waals surface area contributed by atoms with Gasteiger partial charge in [-0.05, 0) is 48.7 Å². The van der Waals surface area contributed by atoms with E-state index < -0.39 is 5.91 Å². The van der Waals surface area contributed by atoms with Crippen molar-refractivity contribution in [1.29, 1.82) is 0 Å². The molecule has 2 aromatic carbocycles. The van der Waals surface area contributed by atoms with Crippen LogP contribution in [0.25, 0.3) is 0 Å². The molecule has 0 saturated carbocycles. The molecule has 0 bridgehead atoms. The van der Waals surface area contributed by atoms with Gasteiger partial charge in [-0.1, -0.05) is 19.1 Å². The summed E-state index contributed by atoms with van der Waals surface area (Å²) in [6, 6.07) is 10.3. The van der Waals surface area contributed by atoms with Crippen LogP contribution in [-0.4, -0.2) is 17.4 Å². The SMILES string of the molecule is CCc1cc(NC(=O)c2cccc(NC=O)c2O)ccc1C. The van der Waals surface area contributed by atoms with E-state index in [1.54, 1.807) is 6.07 Å². The van der Waals surface area contributed by atoms with E-state index in [4.69, 9.17) is 0 Å². The zero-order chi connectivity index (χ0) is 16.1. The second kappa shape index (κ2) is 6.76. The van der Waals surface area contributed by atoms with Crippen molar-refractivity contribution in [3.8, 4) is 5.75 Å².